The van der Waals surface area contributed by atoms with Crippen LogP contribution in [0.15, 0.2) is 109 Å². The summed E-state index contributed by atoms with van der Waals surface area (Å²) in [5, 5.41) is 0. The van der Waals surface area contributed by atoms with E-state index in [-0.39, 0.29) is 5.78 Å². The zero-order chi connectivity index (χ0) is 18.5. The van der Waals surface area contributed by atoms with E-state index in [1.807, 2.05) is 109 Å². The van der Waals surface area contributed by atoms with Crippen molar-refractivity contribution in [1.29, 1.82) is 0 Å². The van der Waals surface area contributed by atoms with Crippen molar-refractivity contribution in [2.75, 3.05) is 0 Å². The van der Waals surface area contributed by atoms with Crippen LogP contribution in [0.4, 0.5) is 0 Å². The highest BCUT2D eigenvalue weighted by atomic mass is 16.5. The molecule has 0 aromatic heterocycles. The summed E-state index contributed by atoms with van der Waals surface area (Å²) in [6.45, 7) is 0. The molecule has 2 nitrogen and oxygen atoms in total. The van der Waals surface area contributed by atoms with Crippen molar-refractivity contribution in [1.82, 2.24) is 0 Å². The van der Waals surface area contributed by atoms with Crippen molar-refractivity contribution in [3.63, 3.8) is 0 Å². The number of para-hydroxylation sites is 1. The summed E-state index contributed by atoms with van der Waals surface area (Å²) in [4.78, 5) is 12.5. The fourth-order valence-corrected chi connectivity index (χ4v) is 2.91. The Bertz CT molecular complexity index is 1020. The lowest BCUT2D eigenvalue weighted by Crippen LogP contribution is -2.00. The van der Waals surface area contributed by atoms with Gasteiger partial charge in [0.15, 0.2) is 5.78 Å². The molecule has 0 amide bonds. The van der Waals surface area contributed by atoms with Gasteiger partial charge < -0.3 is 4.74 Å². The predicted octanol–water partition coefficient (Wildman–Crippen LogP) is 6.38. The van der Waals surface area contributed by atoms with E-state index >= 15 is 0 Å². The van der Waals surface area contributed by atoms with Gasteiger partial charge in [-0.05, 0) is 35.4 Å². The second-order valence-corrected chi connectivity index (χ2v) is 6.21. The Morgan fingerprint density at radius 3 is 1.52 bits per heavy atom. The van der Waals surface area contributed by atoms with E-state index in [9.17, 15) is 4.79 Å². The summed E-state index contributed by atoms with van der Waals surface area (Å²) in [7, 11) is 0. The molecule has 0 saturated carbocycles. The standard InChI is InChI=1S/C25H18O2/c26-25(21-7-3-1-4-8-21)22-13-11-19(12-14-22)20-15-17-24(18-16-20)27-23-9-5-2-6-10-23/h1-18H. The molecule has 4 aromatic carbocycles. The number of benzene rings is 4. The summed E-state index contributed by atoms with van der Waals surface area (Å²) < 4.78 is 5.82. The zero-order valence-electron chi connectivity index (χ0n) is 14.7. The van der Waals surface area contributed by atoms with Crippen LogP contribution in [0.25, 0.3) is 11.1 Å². The molecule has 2 heteroatoms. The number of carbonyl (C=O) groups is 1. The highest BCUT2D eigenvalue weighted by molar-refractivity contribution is 6.09. The number of ether oxygens (including phenoxy) is 1. The lowest BCUT2D eigenvalue weighted by atomic mass is 9.99. The molecule has 4 aromatic rings. The molecule has 0 heterocycles. The lowest BCUT2D eigenvalue weighted by molar-refractivity contribution is 0.103. The van der Waals surface area contributed by atoms with Gasteiger partial charge in [0.1, 0.15) is 11.5 Å². The first-order valence-electron chi connectivity index (χ1n) is 8.83. The van der Waals surface area contributed by atoms with Crippen LogP contribution < -0.4 is 4.74 Å². The van der Waals surface area contributed by atoms with Gasteiger partial charge in [0.05, 0.1) is 0 Å². The van der Waals surface area contributed by atoms with Gasteiger partial charge in [-0.2, -0.15) is 0 Å². The van der Waals surface area contributed by atoms with Crippen molar-refractivity contribution >= 4 is 5.78 Å². The number of carbonyl (C=O) groups excluding carboxylic acids is 1. The van der Waals surface area contributed by atoms with Gasteiger partial charge in [-0.1, -0.05) is 84.9 Å². The normalized spacial score (nSPS) is 10.4. The quantitative estimate of drug-likeness (QED) is 0.391. The fraction of sp³-hybridized carbons (Fsp3) is 0. The largest absolute Gasteiger partial charge is 0.457 e. The maximum absolute atomic E-state index is 12.5. The molecule has 0 radical (unpaired) electrons. The number of ketones is 1. The third kappa shape index (κ3) is 3.96. The highest BCUT2D eigenvalue weighted by Crippen LogP contribution is 2.26. The maximum Gasteiger partial charge on any atom is 0.193 e. The fourth-order valence-electron chi connectivity index (χ4n) is 2.91. The summed E-state index contributed by atoms with van der Waals surface area (Å²) in [5.41, 5.74) is 3.53. The molecule has 130 valence electrons. The van der Waals surface area contributed by atoms with Gasteiger partial charge >= 0.3 is 0 Å². The Morgan fingerprint density at radius 2 is 0.926 bits per heavy atom. The molecule has 4 rings (SSSR count). The Hall–Kier alpha value is -3.65. The van der Waals surface area contributed by atoms with Crippen LogP contribution in [0.3, 0.4) is 0 Å². The minimum absolute atomic E-state index is 0.0359. The number of hydrogen-bond donors (Lipinski definition) is 0. The average molecular weight is 350 g/mol. The van der Waals surface area contributed by atoms with Gasteiger partial charge in [0, 0.05) is 11.1 Å². The van der Waals surface area contributed by atoms with Crippen LogP contribution in [0.2, 0.25) is 0 Å². The first kappa shape index (κ1) is 16.8. The van der Waals surface area contributed by atoms with E-state index in [4.69, 9.17) is 4.74 Å². The molecule has 0 N–H and O–H groups in total. The third-order valence-corrected chi connectivity index (χ3v) is 4.35. The van der Waals surface area contributed by atoms with Crippen molar-refractivity contribution in [3.8, 4) is 22.6 Å². The third-order valence-electron chi connectivity index (χ3n) is 4.35. The van der Waals surface area contributed by atoms with E-state index in [1.54, 1.807) is 0 Å². The second kappa shape index (κ2) is 7.71. The summed E-state index contributed by atoms with van der Waals surface area (Å²) in [6.07, 6.45) is 0. The first-order chi connectivity index (χ1) is 13.3. The molecule has 0 aliphatic heterocycles. The van der Waals surface area contributed by atoms with E-state index in [0.717, 1.165) is 22.6 Å². The van der Waals surface area contributed by atoms with Crippen LogP contribution in [0, 0.1) is 0 Å². The van der Waals surface area contributed by atoms with Crippen LogP contribution in [0.1, 0.15) is 15.9 Å². The first-order valence-corrected chi connectivity index (χ1v) is 8.83. The van der Waals surface area contributed by atoms with Gasteiger partial charge in [0.25, 0.3) is 0 Å². The highest BCUT2D eigenvalue weighted by Gasteiger charge is 2.08. The van der Waals surface area contributed by atoms with Crippen molar-refractivity contribution in [2.24, 2.45) is 0 Å². The van der Waals surface area contributed by atoms with Crippen LogP contribution in [-0.4, -0.2) is 5.78 Å². The van der Waals surface area contributed by atoms with Gasteiger partial charge in [-0.25, -0.2) is 0 Å². The molecular formula is C25H18O2. The summed E-state index contributed by atoms with van der Waals surface area (Å²) >= 11 is 0. The van der Waals surface area contributed by atoms with E-state index in [2.05, 4.69) is 0 Å². The Kier molecular flexibility index (Phi) is 4.80. The lowest BCUT2D eigenvalue weighted by Gasteiger charge is -2.08. The second-order valence-electron chi connectivity index (χ2n) is 6.21. The molecule has 0 aliphatic rings. The summed E-state index contributed by atoms with van der Waals surface area (Å²) in [5.74, 6) is 1.64. The summed E-state index contributed by atoms with van der Waals surface area (Å²) in [6, 6.07) is 34.7. The van der Waals surface area contributed by atoms with Crippen molar-refractivity contribution in [2.45, 2.75) is 0 Å². The topological polar surface area (TPSA) is 26.3 Å². The Balaban J connectivity index is 1.50. The van der Waals surface area contributed by atoms with Crippen molar-refractivity contribution in [3.05, 3.63) is 120 Å². The number of rotatable bonds is 5. The Morgan fingerprint density at radius 1 is 0.481 bits per heavy atom. The van der Waals surface area contributed by atoms with Crippen LogP contribution in [-0.2, 0) is 0 Å². The molecule has 0 aliphatic carbocycles. The van der Waals surface area contributed by atoms with Gasteiger partial charge in [-0.15, -0.1) is 0 Å². The minimum atomic E-state index is 0.0359. The molecule has 0 fully saturated rings. The SMILES string of the molecule is O=C(c1ccccc1)c1ccc(-c2ccc(Oc3ccccc3)cc2)cc1. The maximum atomic E-state index is 12.5. The molecule has 27 heavy (non-hydrogen) atoms. The Labute approximate surface area is 158 Å². The van der Waals surface area contributed by atoms with Crippen LogP contribution >= 0.6 is 0 Å². The molecule has 0 unspecified atom stereocenters. The average Bonchev–Trinajstić information content (AvgIpc) is 2.75. The minimum Gasteiger partial charge on any atom is -0.457 e. The smallest absolute Gasteiger partial charge is 0.193 e. The van der Waals surface area contributed by atoms with Gasteiger partial charge in [0.2, 0.25) is 0 Å². The van der Waals surface area contributed by atoms with E-state index in [1.165, 1.54) is 0 Å². The number of hydrogen-bond acceptors (Lipinski definition) is 2. The van der Waals surface area contributed by atoms with E-state index in [0.29, 0.717) is 11.1 Å². The van der Waals surface area contributed by atoms with E-state index < -0.39 is 0 Å². The zero-order valence-corrected chi connectivity index (χ0v) is 14.7. The predicted molar refractivity (Wildman–Crippen MR) is 108 cm³/mol. The van der Waals surface area contributed by atoms with Gasteiger partial charge in [-0.3, -0.25) is 4.79 Å². The monoisotopic (exact) mass is 350 g/mol. The molecular weight excluding hydrogens is 332 g/mol. The van der Waals surface area contributed by atoms with Crippen molar-refractivity contribution < 1.29 is 9.53 Å². The molecule has 0 atom stereocenters. The van der Waals surface area contributed by atoms with Crippen LogP contribution in [0.5, 0.6) is 11.5 Å². The molecule has 0 bridgehead atoms. The molecule has 0 saturated heterocycles. The molecule has 0 spiro atoms.